The predicted octanol–water partition coefficient (Wildman–Crippen LogP) is 2.47. The van der Waals surface area contributed by atoms with Gasteiger partial charge in [0.1, 0.15) is 12.3 Å². The Kier molecular flexibility index (Phi) is 3.65. The number of amides is 3. The number of imide groups is 1. The molecule has 8 nitrogen and oxygen atoms in total. The lowest BCUT2D eigenvalue weighted by Gasteiger charge is -2.33. The number of ether oxygens (including phenoxy) is 1. The average molecular weight is 376 g/mol. The molecule has 1 spiro atoms. The summed E-state index contributed by atoms with van der Waals surface area (Å²) in [6, 6.07) is 16.1. The van der Waals surface area contributed by atoms with Crippen LogP contribution < -0.4 is 10.1 Å². The highest BCUT2D eigenvalue weighted by Gasteiger charge is 2.55. The summed E-state index contributed by atoms with van der Waals surface area (Å²) in [7, 11) is 0. The summed E-state index contributed by atoms with van der Waals surface area (Å²) in [5, 5.41) is 10.9. The Bertz CT molecular complexity index is 1060. The number of carbonyl (C=O) groups is 2. The number of nitrogens with one attached hydrogen (secondary N) is 1. The maximum absolute atomic E-state index is 13.2. The van der Waals surface area contributed by atoms with Gasteiger partial charge < -0.3 is 14.5 Å². The standard InChI is InChI=1S/C20H16N4O4/c25-18-20(10-11-27-15-9-5-4-8-14(15)20)21-19(26)24(18)12-16-22-23-17(28-16)13-6-2-1-3-7-13/h1-9H,10-12H2,(H,21,26). The van der Waals surface area contributed by atoms with Gasteiger partial charge in [-0.15, -0.1) is 10.2 Å². The Balaban J connectivity index is 1.43. The lowest BCUT2D eigenvalue weighted by atomic mass is 9.84. The first kappa shape index (κ1) is 16.5. The minimum Gasteiger partial charge on any atom is -0.493 e. The number of urea groups is 1. The molecule has 0 saturated carbocycles. The van der Waals surface area contributed by atoms with E-state index in [-0.39, 0.29) is 18.3 Å². The molecule has 3 amide bonds. The van der Waals surface area contributed by atoms with Crippen LogP contribution in [0, 0.1) is 0 Å². The van der Waals surface area contributed by atoms with Gasteiger partial charge in [0.05, 0.1) is 6.61 Å². The molecule has 5 rings (SSSR count). The number of para-hydroxylation sites is 1. The second-order valence-corrected chi connectivity index (χ2v) is 6.69. The molecule has 28 heavy (non-hydrogen) atoms. The third-order valence-electron chi connectivity index (χ3n) is 5.04. The van der Waals surface area contributed by atoms with Crippen molar-refractivity contribution in [2.24, 2.45) is 0 Å². The molecule has 0 bridgehead atoms. The Morgan fingerprint density at radius 2 is 1.82 bits per heavy atom. The smallest absolute Gasteiger partial charge is 0.325 e. The molecule has 140 valence electrons. The number of rotatable bonds is 3. The van der Waals surface area contributed by atoms with Gasteiger partial charge >= 0.3 is 6.03 Å². The fraction of sp³-hybridized carbons (Fsp3) is 0.200. The quantitative estimate of drug-likeness (QED) is 0.705. The molecule has 8 heteroatoms. The van der Waals surface area contributed by atoms with Crippen molar-refractivity contribution < 1.29 is 18.7 Å². The summed E-state index contributed by atoms with van der Waals surface area (Å²) in [5.74, 6) is 0.801. The third-order valence-corrected chi connectivity index (χ3v) is 5.04. The van der Waals surface area contributed by atoms with E-state index in [4.69, 9.17) is 9.15 Å². The monoisotopic (exact) mass is 376 g/mol. The number of hydrogen-bond acceptors (Lipinski definition) is 6. The molecule has 0 radical (unpaired) electrons. The number of carbonyl (C=O) groups excluding carboxylic acids is 2. The second kappa shape index (κ2) is 6.19. The van der Waals surface area contributed by atoms with Gasteiger partial charge in [0.15, 0.2) is 5.54 Å². The molecule has 2 aliphatic rings. The number of hydrogen-bond donors (Lipinski definition) is 1. The maximum atomic E-state index is 13.2. The lowest BCUT2D eigenvalue weighted by Crippen LogP contribution is -2.47. The predicted molar refractivity (Wildman–Crippen MR) is 97.0 cm³/mol. The summed E-state index contributed by atoms with van der Waals surface area (Å²) >= 11 is 0. The van der Waals surface area contributed by atoms with Crippen LogP contribution in [0.1, 0.15) is 17.9 Å². The molecule has 1 N–H and O–H groups in total. The van der Waals surface area contributed by atoms with E-state index in [1.807, 2.05) is 42.5 Å². The normalized spacial score (nSPS) is 20.8. The molecule has 1 saturated heterocycles. The van der Waals surface area contributed by atoms with Crippen LogP contribution in [-0.2, 0) is 16.9 Å². The number of benzene rings is 2. The summed E-state index contributed by atoms with van der Waals surface area (Å²) < 4.78 is 11.3. The molecule has 0 aliphatic carbocycles. The van der Waals surface area contributed by atoms with Gasteiger partial charge in [-0.1, -0.05) is 36.4 Å². The molecular weight excluding hydrogens is 360 g/mol. The average Bonchev–Trinajstić information content (AvgIpc) is 3.29. The van der Waals surface area contributed by atoms with Crippen LogP contribution in [-0.4, -0.2) is 33.6 Å². The third kappa shape index (κ3) is 2.45. The van der Waals surface area contributed by atoms with Gasteiger partial charge in [0.2, 0.25) is 11.8 Å². The summed E-state index contributed by atoms with van der Waals surface area (Å²) in [5.41, 5.74) is 0.319. The van der Waals surface area contributed by atoms with Gasteiger partial charge in [0.25, 0.3) is 5.91 Å². The molecular formula is C20H16N4O4. The van der Waals surface area contributed by atoms with Gasteiger partial charge in [-0.25, -0.2) is 4.79 Å². The summed E-state index contributed by atoms with van der Waals surface area (Å²) in [6.45, 7) is 0.255. The zero-order valence-corrected chi connectivity index (χ0v) is 14.8. The Morgan fingerprint density at radius 1 is 1.04 bits per heavy atom. The number of fused-ring (bicyclic) bond motifs is 2. The van der Waals surface area contributed by atoms with Crippen LogP contribution >= 0.6 is 0 Å². The summed E-state index contributed by atoms with van der Waals surface area (Å²) in [4.78, 5) is 27.0. The number of nitrogens with zero attached hydrogens (tertiary/aromatic N) is 3. The first-order valence-corrected chi connectivity index (χ1v) is 8.92. The van der Waals surface area contributed by atoms with E-state index in [9.17, 15) is 9.59 Å². The second-order valence-electron chi connectivity index (χ2n) is 6.69. The van der Waals surface area contributed by atoms with Gasteiger partial charge in [-0.05, 0) is 18.2 Å². The van der Waals surface area contributed by atoms with E-state index in [0.29, 0.717) is 30.2 Å². The Hall–Kier alpha value is -3.68. The minimum absolute atomic E-state index is 0.0880. The van der Waals surface area contributed by atoms with E-state index < -0.39 is 11.6 Å². The van der Waals surface area contributed by atoms with Crippen molar-refractivity contribution in [3.8, 4) is 17.2 Å². The summed E-state index contributed by atoms with van der Waals surface area (Å²) in [6.07, 6.45) is 0.365. The first-order chi connectivity index (χ1) is 13.7. The first-order valence-electron chi connectivity index (χ1n) is 8.92. The molecule has 1 fully saturated rings. The topological polar surface area (TPSA) is 97.6 Å². The van der Waals surface area contributed by atoms with Gasteiger partial charge in [-0.3, -0.25) is 9.69 Å². The highest BCUT2D eigenvalue weighted by atomic mass is 16.5. The molecule has 2 aromatic carbocycles. The van der Waals surface area contributed by atoms with E-state index in [2.05, 4.69) is 15.5 Å². The van der Waals surface area contributed by atoms with Crippen LogP contribution in [0.3, 0.4) is 0 Å². The zero-order valence-electron chi connectivity index (χ0n) is 14.8. The molecule has 2 aliphatic heterocycles. The van der Waals surface area contributed by atoms with Crippen molar-refractivity contribution in [1.29, 1.82) is 0 Å². The van der Waals surface area contributed by atoms with Crippen LogP contribution in [0.2, 0.25) is 0 Å². The molecule has 3 heterocycles. The van der Waals surface area contributed by atoms with Crippen molar-refractivity contribution in [3.63, 3.8) is 0 Å². The van der Waals surface area contributed by atoms with Crippen LogP contribution in [0.15, 0.2) is 59.0 Å². The van der Waals surface area contributed by atoms with Gasteiger partial charge in [-0.2, -0.15) is 0 Å². The maximum Gasteiger partial charge on any atom is 0.325 e. The zero-order chi connectivity index (χ0) is 19.1. The number of aromatic nitrogens is 2. The highest BCUT2D eigenvalue weighted by molar-refractivity contribution is 6.07. The Labute approximate surface area is 160 Å². The SMILES string of the molecule is O=C1NC2(CCOc3ccccc32)C(=O)N1Cc1nnc(-c2ccccc2)o1. The van der Waals surface area contributed by atoms with Crippen molar-refractivity contribution in [3.05, 3.63) is 66.1 Å². The van der Waals surface area contributed by atoms with Crippen LogP contribution in [0.5, 0.6) is 5.75 Å². The van der Waals surface area contributed by atoms with E-state index in [0.717, 1.165) is 10.5 Å². The fourth-order valence-electron chi connectivity index (χ4n) is 3.67. The molecule has 1 atom stereocenters. The van der Waals surface area contributed by atoms with Crippen molar-refractivity contribution in [1.82, 2.24) is 20.4 Å². The van der Waals surface area contributed by atoms with Crippen molar-refractivity contribution >= 4 is 11.9 Å². The largest absolute Gasteiger partial charge is 0.493 e. The van der Waals surface area contributed by atoms with Gasteiger partial charge in [0, 0.05) is 17.5 Å². The Morgan fingerprint density at radius 3 is 2.68 bits per heavy atom. The van der Waals surface area contributed by atoms with Crippen molar-refractivity contribution in [2.45, 2.75) is 18.5 Å². The molecule has 1 unspecified atom stereocenters. The van der Waals surface area contributed by atoms with E-state index >= 15 is 0 Å². The van der Waals surface area contributed by atoms with Crippen LogP contribution in [0.4, 0.5) is 4.79 Å². The molecule has 3 aromatic rings. The van der Waals surface area contributed by atoms with E-state index in [1.165, 1.54) is 0 Å². The van der Waals surface area contributed by atoms with Crippen LogP contribution in [0.25, 0.3) is 11.5 Å². The van der Waals surface area contributed by atoms with E-state index in [1.54, 1.807) is 12.1 Å². The fourth-order valence-corrected chi connectivity index (χ4v) is 3.67. The van der Waals surface area contributed by atoms with Crippen molar-refractivity contribution in [2.75, 3.05) is 6.61 Å². The minimum atomic E-state index is -1.12. The lowest BCUT2D eigenvalue weighted by molar-refractivity contribution is -0.133. The highest BCUT2D eigenvalue weighted by Crippen LogP contribution is 2.41. The molecule has 1 aromatic heterocycles.